The van der Waals surface area contributed by atoms with Crippen LogP contribution in [0.5, 0.6) is 0 Å². The summed E-state index contributed by atoms with van der Waals surface area (Å²) in [6.07, 6.45) is -0.250. The minimum atomic E-state index is -1.53. The first kappa shape index (κ1) is 35.0. The van der Waals surface area contributed by atoms with E-state index in [2.05, 4.69) is 55.7 Å². The zero-order valence-electron chi connectivity index (χ0n) is 26.8. The molecule has 0 bridgehead atoms. The Labute approximate surface area is 263 Å². The van der Waals surface area contributed by atoms with Gasteiger partial charge in [-0.15, -0.1) is 0 Å². The number of carbonyl (C=O) groups excluding carboxylic acids is 1. The number of aliphatic hydroxyl groups excluding tert-OH is 2. The summed E-state index contributed by atoms with van der Waals surface area (Å²) < 4.78 is 11.9. The number of unbranched alkanes of at least 4 members (excludes halogenated alkanes) is 2. The standard InChI is InChI=1S/C29H51N9O7/c1-34(2)10-7-13-36-15-17-37(18-16-36)14-8-12-35(3)11-6-4-5-9-21(39)44-19-20-23(40)24(41)27(45-20)38-25-22(31-29(38)43)26(42)33-28(30)32-25/h20,23-24,27,40-41H,4-19H2,1-3H3,(H,31,43)(H3,30,32,33,42)/t20-,23?,24?,27-/m0/s1. The third-order valence-corrected chi connectivity index (χ3v) is 8.58. The van der Waals surface area contributed by atoms with Crippen molar-refractivity contribution in [2.24, 2.45) is 0 Å². The molecule has 254 valence electrons. The predicted octanol–water partition coefficient (Wildman–Crippen LogP) is -1.39. The highest BCUT2D eigenvalue weighted by molar-refractivity contribution is 5.70. The summed E-state index contributed by atoms with van der Waals surface area (Å²) in [7, 11) is 6.39. The lowest BCUT2D eigenvalue weighted by molar-refractivity contribution is -0.150. The Balaban J connectivity index is 1.07. The number of aromatic amines is 2. The minimum Gasteiger partial charge on any atom is -0.463 e. The second kappa shape index (κ2) is 16.6. The van der Waals surface area contributed by atoms with Crippen LogP contribution in [0.4, 0.5) is 5.95 Å². The molecule has 2 saturated heterocycles. The SMILES string of the molecule is CN(C)CCCN1CCN(CCCN(C)CCCCCC(=O)OC[C@@H]2O[C@H](n3c(=O)[nH]c4c(=O)[nH]c(N)nc43)C(O)C2O)CC1. The Morgan fingerprint density at radius 3 is 2.27 bits per heavy atom. The second-order valence-electron chi connectivity index (χ2n) is 12.5. The van der Waals surface area contributed by atoms with Crippen molar-refractivity contribution in [1.29, 1.82) is 0 Å². The fourth-order valence-electron chi connectivity index (χ4n) is 5.94. The van der Waals surface area contributed by atoms with Gasteiger partial charge in [0.25, 0.3) is 5.56 Å². The normalized spacial score (nSPS) is 23.1. The third-order valence-electron chi connectivity index (χ3n) is 8.58. The van der Waals surface area contributed by atoms with Gasteiger partial charge in [0.1, 0.15) is 24.9 Å². The molecule has 2 unspecified atom stereocenters. The van der Waals surface area contributed by atoms with Gasteiger partial charge in [-0.3, -0.25) is 19.6 Å². The Bertz CT molecular complexity index is 1340. The summed E-state index contributed by atoms with van der Waals surface area (Å²) in [5.41, 5.74) is 3.90. The quantitative estimate of drug-likeness (QED) is 0.100. The molecule has 6 N–H and O–H groups in total. The maximum atomic E-state index is 12.5. The first-order valence-corrected chi connectivity index (χ1v) is 16.0. The van der Waals surface area contributed by atoms with Crippen molar-refractivity contribution in [2.45, 2.75) is 63.1 Å². The number of nitrogens with two attached hydrogens (primary N) is 1. The molecule has 2 fully saturated rings. The van der Waals surface area contributed by atoms with E-state index in [9.17, 15) is 24.6 Å². The highest BCUT2D eigenvalue weighted by Gasteiger charge is 2.45. The first-order chi connectivity index (χ1) is 21.5. The van der Waals surface area contributed by atoms with Crippen LogP contribution >= 0.6 is 0 Å². The van der Waals surface area contributed by atoms with Gasteiger partial charge in [0.15, 0.2) is 17.4 Å². The van der Waals surface area contributed by atoms with Gasteiger partial charge in [0, 0.05) is 32.6 Å². The van der Waals surface area contributed by atoms with Gasteiger partial charge >= 0.3 is 11.7 Å². The number of nitrogen functional groups attached to an aromatic ring is 1. The van der Waals surface area contributed by atoms with Gasteiger partial charge < -0.3 is 45.0 Å². The molecule has 16 nitrogen and oxygen atoms in total. The van der Waals surface area contributed by atoms with Gasteiger partial charge in [-0.25, -0.2) is 9.36 Å². The van der Waals surface area contributed by atoms with Crippen molar-refractivity contribution in [2.75, 3.05) is 92.4 Å². The number of ether oxygens (including phenoxy) is 2. The lowest BCUT2D eigenvalue weighted by Crippen LogP contribution is -2.47. The van der Waals surface area contributed by atoms with E-state index in [0.29, 0.717) is 6.42 Å². The largest absolute Gasteiger partial charge is 0.463 e. The van der Waals surface area contributed by atoms with E-state index in [0.717, 1.165) is 76.2 Å². The molecule has 2 aromatic rings. The minimum absolute atomic E-state index is 0.124. The van der Waals surface area contributed by atoms with Crippen molar-refractivity contribution in [3.63, 3.8) is 0 Å². The Hall–Kier alpha value is -2.86. The summed E-state index contributed by atoms with van der Waals surface area (Å²) in [5.74, 6) is -0.656. The van der Waals surface area contributed by atoms with E-state index in [-0.39, 0.29) is 30.1 Å². The van der Waals surface area contributed by atoms with Gasteiger partial charge in [-0.2, -0.15) is 4.98 Å². The molecule has 4 heterocycles. The highest BCUT2D eigenvalue weighted by atomic mass is 16.6. The Kier molecular flexibility index (Phi) is 12.9. The number of nitrogens with zero attached hydrogens (tertiary/aromatic N) is 6. The van der Waals surface area contributed by atoms with Crippen LogP contribution in [0.2, 0.25) is 0 Å². The molecule has 4 atom stereocenters. The number of carbonyl (C=O) groups is 1. The molecule has 0 spiro atoms. The van der Waals surface area contributed by atoms with E-state index in [4.69, 9.17) is 15.2 Å². The number of piperazine rings is 1. The number of esters is 1. The van der Waals surface area contributed by atoms with Gasteiger partial charge in [0.05, 0.1) is 0 Å². The number of aromatic nitrogens is 4. The second-order valence-corrected chi connectivity index (χ2v) is 12.5. The molecule has 0 aliphatic carbocycles. The number of imidazole rings is 1. The average molecular weight is 638 g/mol. The van der Waals surface area contributed by atoms with Crippen LogP contribution in [0.3, 0.4) is 0 Å². The molecule has 2 aliphatic heterocycles. The number of H-pyrrole nitrogens is 2. The average Bonchev–Trinajstić information content (AvgIpc) is 3.46. The summed E-state index contributed by atoms with van der Waals surface area (Å²) in [4.78, 5) is 55.2. The number of hydrogen-bond acceptors (Lipinski definition) is 13. The zero-order chi connectivity index (χ0) is 32.5. The van der Waals surface area contributed by atoms with Crippen molar-refractivity contribution >= 4 is 23.1 Å². The number of hydrogen-bond donors (Lipinski definition) is 5. The van der Waals surface area contributed by atoms with E-state index in [1.807, 2.05) is 0 Å². The molecule has 0 saturated carbocycles. The molecule has 0 amide bonds. The van der Waals surface area contributed by atoms with Gasteiger partial charge in [-0.05, 0) is 79.6 Å². The van der Waals surface area contributed by atoms with E-state index < -0.39 is 41.8 Å². The van der Waals surface area contributed by atoms with Crippen LogP contribution in [0, 0.1) is 0 Å². The van der Waals surface area contributed by atoms with Crippen LogP contribution < -0.4 is 17.0 Å². The topological polar surface area (TPSA) is 199 Å². The lowest BCUT2D eigenvalue weighted by atomic mass is 10.1. The molecule has 0 aromatic carbocycles. The molecule has 2 aliphatic rings. The van der Waals surface area contributed by atoms with Crippen molar-refractivity contribution in [3.05, 3.63) is 20.8 Å². The van der Waals surface area contributed by atoms with Gasteiger partial charge in [0.2, 0.25) is 5.95 Å². The number of fused-ring (bicyclic) bond motifs is 1. The highest BCUT2D eigenvalue weighted by Crippen LogP contribution is 2.30. The monoisotopic (exact) mass is 637 g/mol. The maximum Gasteiger partial charge on any atom is 0.330 e. The molecule has 0 radical (unpaired) electrons. The van der Waals surface area contributed by atoms with E-state index >= 15 is 0 Å². The molecule has 16 heteroatoms. The number of nitrogens with one attached hydrogen (secondary N) is 2. The fourth-order valence-corrected chi connectivity index (χ4v) is 5.94. The van der Waals surface area contributed by atoms with Crippen LogP contribution in [0.1, 0.15) is 44.8 Å². The van der Waals surface area contributed by atoms with Crippen LogP contribution in [-0.2, 0) is 14.3 Å². The van der Waals surface area contributed by atoms with Crippen LogP contribution in [0.25, 0.3) is 11.2 Å². The molecular weight excluding hydrogens is 586 g/mol. The van der Waals surface area contributed by atoms with E-state index in [1.54, 1.807) is 0 Å². The number of anilines is 1. The summed E-state index contributed by atoms with van der Waals surface area (Å²) in [6, 6.07) is 0. The van der Waals surface area contributed by atoms with Crippen molar-refractivity contribution in [1.82, 2.24) is 39.1 Å². The van der Waals surface area contributed by atoms with E-state index in [1.165, 1.54) is 13.0 Å². The summed E-state index contributed by atoms with van der Waals surface area (Å²) >= 11 is 0. The third kappa shape index (κ3) is 9.81. The summed E-state index contributed by atoms with van der Waals surface area (Å²) in [5, 5.41) is 21.0. The zero-order valence-corrected chi connectivity index (χ0v) is 26.8. The Morgan fingerprint density at radius 2 is 1.60 bits per heavy atom. The van der Waals surface area contributed by atoms with Crippen molar-refractivity contribution in [3.8, 4) is 0 Å². The van der Waals surface area contributed by atoms with Crippen molar-refractivity contribution < 1.29 is 24.5 Å². The fraction of sp³-hybridized carbons (Fsp3) is 0.793. The molecule has 4 rings (SSSR count). The molecule has 2 aromatic heterocycles. The molecule has 45 heavy (non-hydrogen) atoms. The Morgan fingerprint density at radius 1 is 0.956 bits per heavy atom. The molecular formula is C29H51N9O7. The number of rotatable bonds is 17. The predicted molar refractivity (Wildman–Crippen MR) is 169 cm³/mol. The maximum absolute atomic E-state index is 12.5. The smallest absolute Gasteiger partial charge is 0.330 e. The van der Waals surface area contributed by atoms with Gasteiger partial charge in [-0.1, -0.05) is 6.42 Å². The lowest BCUT2D eigenvalue weighted by Gasteiger charge is -2.35. The first-order valence-electron chi connectivity index (χ1n) is 16.0. The summed E-state index contributed by atoms with van der Waals surface area (Å²) in [6.45, 7) is 9.79. The van der Waals surface area contributed by atoms with Crippen LogP contribution in [-0.4, -0.2) is 160 Å². The number of aliphatic hydroxyl groups is 2. The van der Waals surface area contributed by atoms with Crippen LogP contribution in [0.15, 0.2) is 9.59 Å².